The number of rotatable bonds is 5. The lowest BCUT2D eigenvalue weighted by Crippen LogP contribution is -2.15. The van der Waals surface area contributed by atoms with E-state index in [1.165, 1.54) is 6.42 Å². The summed E-state index contributed by atoms with van der Waals surface area (Å²) < 4.78 is 1.57. The molecule has 2 aromatic rings. The van der Waals surface area contributed by atoms with Gasteiger partial charge in [0.15, 0.2) is 5.75 Å². The summed E-state index contributed by atoms with van der Waals surface area (Å²) in [6.07, 6.45) is 2.34. The number of nitrogens with one attached hydrogen (secondary N) is 1. The SMILES string of the molecule is CCCCNCc1ccc2c(Br)cc(Br)c(O)c2n1. The van der Waals surface area contributed by atoms with Crippen molar-refractivity contribution < 1.29 is 5.11 Å². The zero-order valence-electron chi connectivity index (χ0n) is 10.7. The van der Waals surface area contributed by atoms with Gasteiger partial charge in [-0.1, -0.05) is 29.3 Å². The minimum atomic E-state index is 0.189. The fourth-order valence-electron chi connectivity index (χ4n) is 1.86. The lowest BCUT2D eigenvalue weighted by molar-refractivity contribution is 0.476. The molecule has 2 rings (SSSR count). The Kier molecular flexibility index (Phi) is 5.19. The van der Waals surface area contributed by atoms with Gasteiger partial charge in [0.25, 0.3) is 0 Å². The normalized spacial score (nSPS) is 11.1. The summed E-state index contributed by atoms with van der Waals surface area (Å²) in [6.45, 7) is 3.88. The number of fused-ring (bicyclic) bond motifs is 1. The summed E-state index contributed by atoms with van der Waals surface area (Å²) in [5, 5.41) is 14.3. The Balaban J connectivity index is 2.27. The van der Waals surface area contributed by atoms with Gasteiger partial charge in [-0.05, 0) is 47.1 Å². The molecule has 0 aliphatic carbocycles. The third-order valence-corrected chi connectivity index (χ3v) is 4.19. The van der Waals surface area contributed by atoms with Gasteiger partial charge >= 0.3 is 0 Å². The number of aromatic nitrogens is 1. The van der Waals surface area contributed by atoms with Crippen LogP contribution in [-0.4, -0.2) is 16.6 Å². The standard InChI is InChI=1S/C14H16Br2N2O/c1-2-3-6-17-8-9-4-5-10-11(15)7-12(16)14(19)13(10)18-9/h4-5,7,17,19H,2-3,6,8H2,1H3. The first kappa shape index (κ1) is 14.8. The van der Waals surface area contributed by atoms with Gasteiger partial charge in [-0.15, -0.1) is 0 Å². The fourth-order valence-corrected chi connectivity index (χ4v) is 3.13. The van der Waals surface area contributed by atoms with Crippen molar-refractivity contribution in [3.8, 4) is 5.75 Å². The molecule has 0 spiro atoms. The molecule has 1 aromatic heterocycles. The van der Waals surface area contributed by atoms with E-state index in [9.17, 15) is 5.11 Å². The molecule has 0 fully saturated rings. The minimum Gasteiger partial charge on any atom is -0.505 e. The van der Waals surface area contributed by atoms with Crippen LogP contribution in [0.4, 0.5) is 0 Å². The van der Waals surface area contributed by atoms with Gasteiger partial charge in [0, 0.05) is 16.4 Å². The quantitative estimate of drug-likeness (QED) is 0.749. The first-order valence-electron chi connectivity index (χ1n) is 6.30. The average Bonchev–Trinajstić information content (AvgIpc) is 2.41. The second kappa shape index (κ2) is 6.68. The Labute approximate surface area is 129 Å². The van der Waals surface area contributed by atoms with E-state index in [0.717, 1.165) is 35.1 Å². The fraction of sp³-hybridized carbons (Fsp3) is 0.357. The Hall–Kier alpha value is -0.650. The van der Waals surface area contributed by atoms with Crippen LogP contribution < -0.4 is 5.32 Å². The van der Waals surface area contributed by atoms with Gasteiger partial charge in [0.05, 0.1) is 10.2 Å². The highest BCUT2D eigenvalue weighted by molar-refractivity contribution is 9.11. The summed E-state index contributed by atoms with van der Waals surface area (Å²) in [6, 6.07) is 5.80. The Morgan fingerprint density at radius 3 is 2.79 bits per heavy atom. The molecule has 1 aromatic carbocycles. The molecule has 0 bridgehead atoms. The van der Waals surface area contributed by atoms with Crippen LogP contribution in [0.25, 0.3) is 10.9 Å². The predicted octanol–water partition coefficient (Wildman–Crippen LogP) is 4.36. The number of aromatic hydroxyl groups is 1. The van der Waals surface area contributed by atoms with E-state index in [1.807, 2.05) is 18.2 Å². The zero-order chi connectivity index (χ0) is 13.8. The summed E-state index contributed by atoms with van der Waals surface area (Å²) >= 11 is 6.81. The van der Waals surface area contributed by atoms with E-state index in [4.69, 9.17) is 0 Å². The summed E-state index contributed by atoms with van der Waals surface area (Å²) in [7, 11) is 0. The number of benzene rings is 1. The van der Waals surface area contributed by atoms with Gasteiger partial charge < -0.3 is 10.4 Å². The molecule has 0 amide bonds. The Morgan fingerprint density at radius 2 is 2.05 bits per heavy atom. The molecule has 5 heteroatoms. The molecule has 2 N–H and O–H groups in total. The van der Waals surface area contributed by atoms with Crippen molar-refractivity contribution in [2.45, 2.75) is 26.3 Å². The van der Waals surface area contributed by atoms with Crippen molar-refractivity contribution in [2.24, 2.45) is 0 Å². The van der Waals surface area contributed by atoms with Crippen molar-refractivity contribution in [3.05, 3.63) is 32.8 Å². The molecule has 19 heavy (non-hydrogen) atoms. The monoisotopic (exact) mass is 386 g/mol. The number of pyridine rings is 1. The number of phenols is 1. The second-order valence-corrected chi connectivity index (χ2v) is 6.13. The van der Waals surface area contributed by atoms with Gasteiger partial charge in [0.1, 0.15) is 5.52 Å². The van der Waals surface area contributed by atoms with E-state index in [-0.39, 0.29) is 5.75 Å². The van der Waals surface area contributed by atoms with E-state index in [1.54, 1.807) is 0 Å². The highest BCUT2D eigenvalue weighted by Gasteiger charge is 2.10. The first-order chi connectivity index (χ1) is 9.13. The molecule has 0 saturated carbocycles. The smallest absolute Gasteiger partial charge is 0.156 e. The van der Waals surface area contributed by atoms with Crippen molar-refractivity contribution >= 4 is 42.8 Å². The molecule has 102 valence electrons. The lowest BCUT2D eigenvalue weighted by Gasteiger charge is -2.08. The Bertz CT molecular complexity index is 587. The molecule has 1 heterocycles. The van der Waals surface area contributed by atoms with Crippen LogP contribution in [0.1, 0.15) is 25.5 Å². The summed E-state index contributed by atoms with van der Waals surface area (Å²) in [4.78, 5) is 4.52. The van der Waals surface area contributed by atoms with Crippen LogP contribution in [0, 0.1) is 0 Å². The van der Waals surface area contributed by atoms with Crippen LogP contribution >= 0.6 is 31.9 Å². The number of nitrogens with zero attached hydrogens (tertiary/aromatic N) is 1. The molecule has 0 aliphatic rings. The molecule has 0 atom stereocenters. The lowest BCUT2D eigenvalue weighted by atomic mass is 10.2. The minimum absolute atomic E-state index is 0.189. The predicted molar refractivity (Wildman–Crippen MR) is 85.4 cm³/mol. The molecular weight excluding hydrogens is 372 g/mol. The molecular formula is C14H16Br2N2O. The van der Waals surface area contributed by atoms with E-state index < -0.39 is 0 Å². The second-order valence-electron chi connectivity index (χ2n) is 4.42. The molecule has 0 radical (unpaired) electrons. The van der Waals surface area contributed by atoms with Gasteiger partial charge in [-0.2, -0.15) is 0 Å². The van der Waals surface area contributed by atoms with Crippen molar-refractivity contribution in [2.75, 3.05) is 6.54 Å². The Morgan fingerprint density at radius 1 is 1.26 bits per heavy atom. The number of halogens is 2. The van der Waals surface area contributed by atoms with E-state index in [0.29, 0.717) is 9.99 Å². The summed E-state index contributed by atoms with van der Waals surface area (Å²) in [5.41, 5.74) is 1.56. The largest absolute Gasteiger partial charge is 0.505 e. The third-order valence-electron chi connectivity index (χ3n) is 2.93. The van der Waals surface area contributed by atoms with Crippen LogP contribution in [0.15, 0.2) is 27.1 Å². The number of phenolic OH excluding ortho intramolecular Hbond substituents is 1. The summed E-state index contributed by atoms with van der Waals surface area (Å²) in [5.74, 6) is 0.189. The van der Waals surface area contributed by atoms with Crippen molar-refractivity contribution in [1.82, 2.24) is 10.3 Å². The van der Waals surface area contributed by atoms with Crippen LogP contribution in [0.5, 0.6) is 5.75 Å². The molecule has 0 unspecified atom stereocenters. The molecule has 3 nitrogen and oxygen atoms in total. The van der Waals surface area contributed by atoms with Crippen LogP contribution in [0.3, 0.4) is 0 Å². The topological polar surface area (TPSA) is 45.1 Å². The molecule has 0 aliphatic heterocycles. The third kappa shape index (κ3) is 3.46. The first-order valence-corrected chi connectivity index (χ1v) is 7.89. The maximum absolute atomic E-state index is 10.1. The van der Waals surface area contributed by atoms with Gasteiger partial charge in [0.2, 0.25) is 0 Å². The van der Waals surface area contributed by atoms with E-state index >= 15 is 0 Å². The maximum Gasteiger partial charge on any atom is 0.156 e. The molecule has 0 saturated heterocycles. The number of hydrogen-bond donors (Lipinski definition) is 2. The highest BCUT2D eigenvalue weighted by atomic mass is 79.9. The van der Waals surface area contributed by atoms with Gasteiger partial charge in [-0.25, -0.2) is 4.98 Å². The van der Waals surface area contributed by atoms with Crippen molar-refractivity contribution in [1.29, 1.82) is 0 Å². The maximum atomic E-state index is 10.1. The van der Waals surface area contributed by atoms with Crippen LogP contribution in [-0.2, 0) is 6.54 Å². The van der Waals surface area contributed by atoms with Crippen LogP contribution in [0.2, 0.25) is 0 Å². The van der Waals surface area contributed by atoms with E-state index in [2.05, 4.69) is 49.1 Å². The number of unbranched alkanes of at least 4 members (excludes halogenated alkanes) is 1. The highest BCUT2D eigenvalue weighted by Crippen LogP contribution is 2.36. The van der Waals surface area contributed by atoms with Gasteiger partial charge in [-0.3, -0.25) is 0 Å². The zero-order valence-corrected chi connectivity index (χ0v) is 13.9. The number of hydrogen-bond acceptors (Lipinski definition) is 3. The van der Waals surface area contributed by atoms with Crippen molar-refractivity contribution in [3.63, 3.8) is 0 Å². The average molecular weight is 388 g/mol.